The predicted molar refractivity (Wildman–Crippen MR) is 150 cm³/mol. The highest BCUT2D eigenvalue weighted by Crippen LogP contribution is 2.57. The van der Waals surface area contributed by atoms with Crippen LogP contribution in [0.25, 0.3) is 0 Å². The molecule has 2 aromatic carbocycles. The number of hydrogen-bond acceptors (Lipinski definition) is 4. The van der Waals surface area contributed by atoms with E-state index >= 15 is 4.39 Å². The van der Waals surface area contributed by atoms with Crippen molar-refractivity contribution < 1.29 is 53.8 Å². The number of carboxylic acid groups (broad SMARTS) is 1. The van der Waals surface area contributed by atoms with Crippen molar-refractivity contribution in [3.63, 3.8) is 0 Å². The maximum atomic E-state index is 15.1. The molecule has 14 heteroatoms. The summed E-state index contributed by atoms with van der Waals surface area (Å²) in [6.45, 7) is -0.0384. The van der Waals surface area contributed by atoms with Crippen LogP contribution in [0.1, 0.15) is 79.5 Å². The summed E-state index contributed by atoms with van der Waals surface area (Å²) in [5, 5.41) is 9.36. The van der Waals surface area contributed by atoms with Crippen molar-refractivity contribution in [2.24, 2.45) is 11.8 Å². The third-order valence-corrected chi connectivity index (χ3v) is 13.0. The number of carbonyl (C=O) groups excluding carboxylic acids is 1. The molecule has 0 aromatic heterocycles. The topological polar surface area (TPSA) is 91.8 Å². The first-order chi connectivity index (χ1) is 21.4. The van der Waals surface area contributed by atoms with Gasteiger partial charge in [0.2, 0.25) is 5.91 Å². The SMILES string of the molecule is O=C(O)[C@H]1CC[C@H](C(=O)N2CCC3(S(=O)(=O)c4cccc(C5CC5)c4)c4ccc(C(F)(C(F)(F)F)C(F)(F)F)cc4CCC23)CC1. The summed E-state index contributed by atoms with van der Waals surface area (Å²) >= 11 is 0. The molecular weight excluding hydrogens is 643 g/mol. The van der Waals surface area contributed by atoms with E-state index in [0.717, 1.165) is 24.5 Å². The second-order valence-electron chi connectivity index (χ2n) is 13.0. The summed E-state index contributed by atoms with van der Waals surface area (Å²) < 4.78 is 125. The van der Waals surface area contributed by atoms with E-state index in [9.17, 15) is 49.5 Å². The van der Waals surface area contributed by atoms with Crippen LogP contribution in [0.2, 0.25) is 0 Å². The Morgan fingerprint density at radius 3 is 2.04 bits per heavy atom. The molecule has 1 heterocycles. The van der Waals surface area contributed by atoms with Gasteiger partial charge in [-0.15, -0.1) is 0 Å². The molecule has 250 valence electrons. The number of fused-ring (bicyclic) bond motifs is 3. The van der Waals surface area contributed by atoms with E-state index in [1.807, 2.05) is 0 Å². The molecule has 2 saturated carbocycles. The number of likely N-dealkylation sites (tertiary alicyclic amines) is 1. The van der Waals surface area contributed by atoms with Crippen LogP contribution in [0, 0.1) is 11.8 Å². The molecule has 1 aliphatic heterocycles. The van der Waals surface area contributed by atoms with Crippen molar-refractivity contribution in [1.29, 1.82) is 0 Å². The Balaban J connectivity index is 1.46. The minimum Gasteiger partial charge on any atom is -0.481 e. The first kappa shape index (κ1) is 32.8. The van der Waals surface area contributed by atoms with Crippen LogP contribution in [0.4, 0.5) is 30.7 Å². The molecular formula is C32H32F7NO5S. The summed E-state index contributed by atoms with van der Waals surface area (Å²) in [6.07, 6.45) is -10.2. The van der Waals surface area contributed by atoms with Gasteiger partial charge in [-0.25, -0.2) is 12.8 Å². The lowest BCUT2D eigenvalue weighted by Gasteiger charge is -2.44. The Morgan fingerprint density at radius 1 is 0.826 bits per heavy atom. The minimum atomic E-state index is -6.33. The minimum absolute atomic E-state index is 0.0384. The Kier molecular flexibility index (Phi) is 7.80. The molecule has 6 rings (SSSR count). The van der Waals surface area contributed by atoms with Crippen LogP contribution in [0.15, 0.2) is 47.4 Å². The number of hydrogen-bond donors (Lipinski definition) is 1. The number of carboxylic acids is 1. The number of carbonyl (C=O) groups is 2. The summed E-state index contributed by atoms with van der Waals surface area (Å²) in [4.78, 5) is 26.7. The fourth-order valence-corrected chi connectivity index (χ4v) is 10.3. The number of rotatable bonds is 6. The van der Waals surface area contributed by atoms with Crippen molar-refractivity contribution >= 4 is 21.7 Å². The van der Waals surface area contributed by atoms with E-state index in [-0.39, 0.29) is 79.3 Å². The molecule has 2 unspecified atom stereocenters. The maximum absolute atomic E-state index is 15.1. The van der Waals surface area contributed by atoms with Crippen molar-refractivity contribution in [2.75, 3.05) is 6.54 Å². The molecule has 4 aliphatic rings. The Hall–Kier alpha value is -3.16. The van der Waals surface area contributed by atoms with Gasteiger partial charge in [0.15, 0.2) is 9.84 Å². The van der Waals surface area contributed by atoms with Crippen LogP contribution < -0.4 is 0 Å². The van der Waals surface area contributed by atoms with Crippen LogP contribution in [-0.4, -0.2) is 55.2 Å². The number of aliphatic carboxylic acids is 1. The molecule has 0 bridgehead atoms. The van der Waals surface area contributed by atoms with Crippen molar-refractivity contribution in [1.82, 2.24) is 4.90 Å². The normalized spacial score (nSPS) is 27.2. The first-order valence-corrected chi connectivity index (χ1v) is 16.8. The maximum Gasteiger partial charge on any atom is 0.435 e. The monoisotopic (exact) mass is 675 g/mol. The second kappa shape index (κ2) is 10.9. The fraction of sp³-hybridized carbons (Fsp3) is 0.562. The molecule has 1 amide bonds. The van der Waals surface area contributed by atoms with Gasteiger partial charge < -0.3 is 10.0 Å². The van der Waals surface area contributed by atoms with E-state index in [4.69, 9.17) is 0 Å². The van der Waals surface area contributed by atoms with Gasteiger partial charge in [0.1, 0.15) is 4.75 Å². The van der Waals surface area contributed by atoms with E-state index in [1.165, 1.54) is 11.0 Å². The molecule has 6 nitrogen and oxygen atoms in total. The van der Waals surface area contributed by atoms with Crippen molar-refractivity contribution in [3.05, 3.63) is 64.7 Å². The summed E-state index contributed by atoms with van der Waals surface area (Å²) in [7, 11) is -4.43. The highest BCUT2D eigenvalue weighted by Gasteiger charge is 2.74. The summed E-state index contributed by atoms with van der Waals surface area (Å²) in [5.41, 5.74) is -6.76. The van der Waals surface area contributed by atoms with Gasteiger partial charge in [-0.3, -0.25) is 9.59 Å². The molecule has 0 spiro atoms. The third kappa shape index (κ3) is 4.92. The van der Waals surface area contributed by atoms with E-state index in [2.05, 4.69) is 0 Å². The largest absolute Gasteiger partial charge is 0.481 e. The van der Waals surface area contributed by atoms with Gasteiger partial charge in [-0.1, -0.05) is 30.3 Å². The molecule has 3 aliphatic carbocycles. The molecule has 2 aromatic rings. The van der Waals surface area contributed by atoms with Crippen LogP contribution in [0.3, 0.4) is 0 Å². The molecule has 1 N–H and O–H groups in total. The zero-order valence-corrected chi connectivity index (χ0v) is 25.3. The van der Waals surface area contributed by atoms with E-state index in [1.54, 1.807) is 18.2 Å². The standard InChI is InChI=1S/C32H32F7NO5S/c33-30(31(34,35)36,32(37,38)39)23-11-12-25-22(16-23)10-13-26-29(25,46(44,45)24-3-1-2-21(17-24)18-4-5-18)14-15-40(26)27(41)19-6-8-20(9-7-19)28(42)43/h1-3,11-12,16-20,26H,4-10,13-15H2,(H,42,43)/t19-,20-,26?,29?. The Bertz CT molecular complexity index is 1650. The molecule has 46 heavy (non-hydrogen) atoms. The third-order valence-electron chi connectivity index (χ3n) is 10.5. The summed E-state index contributed by atoms with van der Waals surface area (Å²) in [6, 6.07) is 7.01. The van der Waals surface area contributed by atoms with Crippen LogP contribution in [-0.2, 0) is 36.3 Å². The lowest BCUT2D eigenvalue weighted by Crippen LogP contribution is -2.53. The van der Waals surface area contributed by atoms with E-state index in [0.29, 0.717) is 12.1 Å². The highest BCUT2D eigenvalue weighted by molar-refractivity contribution is 7.92. The van der Waals surface area contributed by atoms with Gasteiger partial charge in [0.05, 0.1) is 16.9 Å². The number of nitrogens with zero attached hydrogens (tertiary/aromatic N) is 1. The molecule has 1 saturated heterocycles. The average Bonchev–Trinajstić information content (AvgIpc) is 3.78. The van der Waals surface area contributed by atoms with Gasteiger partial charge in [0, 0.05) is 18.0 Å². The zero-order chi connectivity index (χ0) is 33.4. The molecule has 2 atom stereocenters. The predicted octanol–water partition coefficient (Wildman–Crippen LogP) is 6.96. The lowest BCUT2D eigenvalue weighted by molar-refractivity contribution is -0.348. The quantitative estimate of drug-likeness (QED) is 0.335. The van der Waals surface area contributed by atoms with Crippen LogP contribution in [0.5, 0.6) is 0 Å². The van der Waals surface area contributed by atoms with E-state index < -0.39 is 62.0 Å². The number of amides is 1. The smallest absolute Gasteiger partial charge is 0.435 e. The second-order valence-corrected chi connectivity index (χ2v) is 15.2. The number of sulfone groups is 1. The Labute approximate surface area is 260 Å². The zero-order valence-electron chi connectivity index (χ0n) is 24.5. The van der Waals surface area contributed by atoms with Gasteiger partial charge in [-0.05, 0) is 92.5 Å². The number of alkyl halides is 7. The summed E-state index contributed by atoms with van der Waals surface area (Å²) in [5.74, 6) is -2.28. The number of aryl methyl sites for hydroxylation is 1. The fourth-order valence-electron chi connectivity index (χ4n) is 7.88. The average molecular weight is 676 g/mol. The van der Waals surface area contributed by atoms with Gasteiger partial charge in [-0.2, -0.15) is 26.3 Å². The number of benzene rings is 2. The Morgan fingerprint density at radius 2 is 1.46 bits per heavy atom. The lowest BCUT2D eigenvalue weighted by atomic mass is 9.76. The van der Waals surface area contributed by atoms with Gasteiger partial charge >= 0.3 is 24.0 Å². The first-order valence-electron chi connectivity index (χ1n) is 15.3. The molecule has 0 radical (unpaired) electrons. The van der Waals surface area contributed by atoms with Crippen molar-refractivity contribution in [2.45, 2.75) is 97.4 Å². The molecule has 3 fully saturated rings. The van der Waals surface area contributed by atoms with Crippen LogP contribution >= 0.6 is 0 Å². The number of halogens is 7. The van der Waals surface area contributed by atoms with Crippen molar-refractivity contribution in [3.8, 4) is 0 Å². The van der Waals surface area contributed by atoms with Gasteiger partial charge in [0.25, 0.3) is 0 Å². The highest BCUT2D eigenvalue weighted by atomic mass is 32.2.